The van der Waals surface area contributed by atoms with Gasteiger partial charge in [-0.05, 0) is 31.0 Å². The summed E-state index contributed by atoms with van der Waals surface area (Å²) in [6, 6.07) is 15.6. The van der Waals surface area contributed by atoms with Crippen LogP contribution in [0.25, 0.3) is 11.2 Å². The van der Waals surface area contributed by atoms with Crippen molar-refractivity contribution in [3.05, 3.63) is 86.1 Å². The first-order chi connectivity index (χ1) is 15.8. The molecule has 0 aliphatic carbocycles. The van der Waals surface area contributed by atoms with Gasteiger partial charge in [0.1, 0.15) is 18.5 Å². The topological polar surface area (TPSA) is 114 Å². The van der Waals surface area contributed by atoms with Crippen molar-refractivity contribution in [1.29, 1.82) is 0 Å². The van der Waals surface area contributed by atoms with Crippen LogP contribution < -0.4 is 21.3 Å². The first kappa shape index (κ1) is 22.3. The molecule has 0 aliphatic heterocycles. The van der Waals surface area contributed by atoms with Gasteiger partial charge in [-0.2, -0.15) is 4.98 Å². The zero-order chi connectivity index (χ0) is 23.5. The summed E-state index contributed by atoms with van der Waals surface area (Å²) in [4.78, 5) is 31.5. The highest BCUT2D eigenvalue weighted by molar-refractivity contribution is 5.74. The quantitative estimate of drug-likeness (QED) is 0.380. The molecule has 0 saturated heterocycles. The first-order valence-electron chi connectivity index (χ1n) is 10.7. The van der Waals surface area contributed by atoms with Gasteiger partial charge in [-0.1, -0.05) is 48.0 Å². The van der Waals surface area contributed by atoms with Crippen molar-refractivity contribution in [1.82, 2.24) is 19.1 Å². The second-order valence-corrected chi connectivity index (χ2v) is 8.11. The number of aliphatic hydroxyl groups is 1. The van der Waals surface area contributed by atoms with Crippen molar-refractivity contribution in [2.24, 2.45) is 7.05 Å². The second-order valence-electron chi connectivity index (χ2n) is 8.11. The van der Waals surface area contributed by atoms with Crippen molar-refractivity contribution in [2.45, 2.75) is 33.0 Å². The third-order valence-electron chi connectivity index (χ3n) is 5.50. The van der Waals surface area contributed by atoms with Crippen LogP contribution in [0.5, 0.6) is 5.75 Å². The molecule has 0 radical (unpaired) electrons. The number of aromatic amines is 1. The van der Waals surface area contributed by atoms with Crippen molar-refractivity contribution in [3.8, 4) is 5.75 Å². The highest BCUT2D eigenvalue weighted by Gasteiger charge is 2.20. The smallest absolute Gasteiger partial charge is 0.329 e. The van der Waals surface area contributed by atoms with E-state index in [1.807, 2.05) is 62.4 Å². The summed E-state index contributed by atoms with van der Waals surface area (Å²) < 4.78 is 8.64. The van der Waals surface area contributed by atoms with Crippen LogP contribution in [0.2, 0.25) is 0 Å². The average Bonchev–Trinajstić information content (AvgIpc) is 3.15. The largest absolute Gasteiger partial charge is 0.491 e. The van der Waals surface area contributed by atoms with Gasteiger partial charge in [-0.15, -0.1) is 0 Å². The molecule has 4 rings (SSSR count). The number of rotatable bonds is 8. The lowest BCUT2D eigenvalue weighted by Crippen LogP contribution is -2.31. The van der Waals surface area contributed by atoms with Crippen LogP contribution in [0, 0.1) is 13.8 Å². The molecule has 3 N–H and O–H groups in total. The average molecular weight is 450 g/mol. The van der Waals surface area contributed by atoms with Crippen molar-refractivity contribution < 1.29 is 9.84 Å². The van der Waals surface area contributed by atoms with Crippen LogP contribution in [0.1, 0.15) is 16.7 Å². The van der Waals surface area contributed by atoms with Crippen LogP contribution in [0.3, 0.4) is 0 Å². The van der Waals surface area contributed by atoms with Gasteiger partial charge in [0.2, 0.25) is 5.95 Å². The molecule has 172 valence electrons. The van der Waals surface area contributed by atoms with E-state index in [1.165, 1.54) is 4.57 Å². The van der Waals surface area contributed by atoms with Gasteiger partial charge < -0.3 is 19.7 Å². The van der Waals surface area contributed by atoms with Crippen LogP contribution >= 0.6 is 0 Å². The van der Waals surface area contributed by atoms with E-state index in [2.05, 4.69) is 15.3 Å². The number of nitrogens with zero attached hydrogens (tertiary/aromatic N) is 3. The minimum absolute atomic E-state index is 0.0333. The Morgan fingerprint density at radius 2 is 1.85 bits per heavy atom. The standard InChI is InChI=1S/C24H27N5O4/c1-15-8-10-17(11-9-15)12-25-23-26-21-20(22(31)27-24(32)28(21)3)29(23)13-18(30)14-33-19-7-5-4-6-16(19)2/h4-11,18,30H,12-14H2,1-3H3,(H,25,26)(H,27,31,32). The molecular weight excluding hydrogens is 422 g/mol. The maximum Gasteiger partial charge on any atom is 0.329 e. The van der Waals surface area contributed by atoms with E-state index in [0.29, 0.717) is 18.2 Å². The fourth-order valence-corrected chi connectivity index (χ4v) is 3.60. The predicted octanol–water partition coefficient (Wildman–Crippen LogP) is 2.09. The highest BCUT2D eigenvalue weighted by Crippen LogP contribution is 2.19. The predicted molar refractivity (Wildman–Crippen MR) is 127 cm³/mol. The Kier molecular flexibility index (Phi) is 6.32. The Labute approximate surface area is 190 Å². The Hall–Kier alpha value is -3.85. The molecule has 2 heterocycles. The zero-order valence-corrected chi connectivity index (χ0v) is 18.8. The molecule has 0 amide bonds. The molecule has 1 unspecified atom stereocenters. The number of aliphatic hydroxyl groups excluding tert-OH is 1. The normalized spacial score (nSPS) is 12.1. The lowest BCUT2D eigenvalue weighted by molar-refractivity contribution is 0.0935. The summed E-state index contributed by atoms with van der Waals surface area (Å²) in [5, 5.41) is 13.9. The Morgan fingerprint density at radius 1 is 1.12 bits per heavy atom. The van der Waals surface area contributed by atoms with Gasteiger partial charge in [0.25, 0.3) is 5.56 Å². The number of aryl methyl sites for hydroxylation is 3. The fourth-order valence-electron chi connectivity index (χ4n) is 3.60. The summed E-state index contributed by atoms with van der Waals surface area (Å²) >= 11 is 0. The number of imidazole rings is 1. The van der Waals surface area contributed by atoms with E-state index in [4.69, 9.17) is 4.74 Å². The van der Waals surface area contributed by atoms with Gasteiger partial charge in [0.15, 0.2) is 11.2 Å². The molecular formula is C24H27N5O4. The third kappa shape index (κ3) is 4.83. The molecule has 0 saturated carbocycles. The number of para-hydroxylation sites is 1. The molecule has 2 aromatic heterocycles. The molecule has 9 heteroatoms. The summed E-state index contributed by atoms with van der Waals surface area (Å²) in [6.07, 6.45) is -0.918. The van der Waals surface area contributed by atoms with E-state index >= 15 is 0 Å². The maximum absolute atomic E-state index is 12.6. The molecule has 0 aliphatic rings. The summed E-state index contributed by atoms with van der Waals surface area (Å²) in [5.41, 5.74) is 2.49. The van der Waals surface area contributed by atoms with Crippen LogP contribution in [0.4, 0.5) is 5.95 Å². The Bertz CT molecular complexity index is 1380. The van der Waals surface area contributed by atoms with Gasteiger partial charge >= 0.3 is 5.69 Å². The minimum atomic E-state index is -0.918. The lowest BCUT2D eigenvalue weighted by atomic mass is 10.1. The van der Waals surface area contributed by atoms with Crippen molar-refractivity contribution in [3.63, 3.8) is 0 Å². The highest BCUT2D eigenvalue weighted by atomic mass is 16.5. The maximum atomic E-state index is 12.6. The van der Waals surface area contributed by atoms with Crippen LogP contribution in [-0.4, -0.2) is 36.9 Å². The molecule has 1 atom stereocenters. The summed E-state index contributed by atoms with van der Waals surface area (Å²) in [7, 11) is 1.54. The number of ether oxygens (including phenoxy) is 1. The van der Waals surface area contributed by atoms with E-state index in [9.17, 15) is 14.7 Å². The molecule has 0 fully saturated rings. The van der Waals surface area contributed by atoms with E-state index in [-0.39, 0.29) is 24.3 Å². The van der Waals surface area contributed by atoms with Gasteiger partial charge in [-0.25, -0.2) is 4.79 Å². The molecule has 33 heavy (non-hydrogen) atoms. The number of nitrogens with one attached hydrogen (secondary N) is 2. The molecule has 0 spiro atoms. The molecule has 9 nitrogen and oxygen atoms in total. The Balaban J connectivity index is 1.62. The molecule has 2 aromatic carbocycles. The molecule has 4 aromatic rings. The fraction of sp³-hybridized carbons (Fsp3) is 0.292. The second kappa shape index (κ2) is 9.33. The van der Waals surface area contributed by atoms with Gasteiger partial charge in [-0.3, -0.25) is 14.3 Å². The number of benzene rings is 2. The monoisotopic (exact) mass is 449 g/mol. The summed E-state index contributed by atoms with van der Waals surface area (Å²) in [5.74, 6) is 1.07. The van der Waals surface area contributed by atoms with E-state index in [1.54, 1.807) is 11.6 Å². The van der Waals surface area contributed by atoms with Crippen molar-refractivity contribution >= 4 is 17.1 Å². The van der Waals surface area contributed by atoms with Crippen LogP contribution in [0.15, 0.2) is 58.1 Å². The van der Waals surface area contributed by atoms with Gasteiger partial charge in [0.05, 0.1) is 6.54 Å². The van der Waals surface area contributed by atoms with E-state index < -0.39 is 17.4 Å². The molecule has 0 bridgehead atoms. The Morgan fingerprint density at radius 3 is 2.58 bits per heavy atom. The van der Waals surface area contributed by atoms with Crippen molar-refractivity contribution in [2.75, 3.05) is 11.9 Å². The number of fused-ring (bicyclic) bond motifs is 1. The third-order valence-corrected chi connectivity index (χ3v) is 5.50. The SMILES string of the molecule is Cc1ccc(CNc2nc3c(c(=O)[nH]c(=O)n3C)n2CC(O)COc2ccccc2C)cc1. The number of H-pyrrole nitrogens is 1. The summed E-state index contributed by atoms with van der Waals surface area (Å²) in [6.45, 7) is 4.50. The zero-order valence-electron chi connectivity index (χ0n) is 18.8. The van der Waals surface area contributed by atoms with Gasteiger partial charge in [0, 0.05) is 13.6 Å². The lowest BCUT2D eigenvalue weighted by Gasteiger charge is -2.16. The number of anilines is 1. The van der Waals surface area contributed by atoms with E-state index in [0.717, 1.165) is 16.7 Å². The number of hydrogen-bond acceptors (Lipinski definition) is 6. The number of aromatic nitrogens is 4. The van der Waals surface area contributed by atoms with Crippen LogP contribution in [-0.2, 0) is 20.1 Å². The first-order valence-corrected chi connectivity index (χ1v) is 10.7. The number of hydrogen-bond donors (Lipinski definition) is 3. The minimum Gasteiger partial charge on any atom is -0.491 e.